The lowest BCUT2D eigenvalue weighted by Crippen LogP contribution is -2.41. The minimum absolute atomic E-state index is 0.0813. The first-order chi connectivity index (χ1) is 8.80. The Morgan fingerprint density at radius 3 is 2.32 bits per heavy atom. The van der Waals surface area contributed by atoms with Crippen LogP contribution in [0.25, 0.3) is 0 Å². The topological polar surface area (TPSA) is 42.2 Å². The number of hydrogen-bond acceptors (Lipinski definition) is 3. The zero-order chi connectivity index (χ0) is 13.9. The molecule has 2 saturated heterocycles. The predicted molar refractivity (Wildman–Crippen MR) is 77.2 cm³/mol. The molecule has 5 heteroatoms. The van der Waals surface area contributed by atoms with Crippen molar-refractivity contribution >= 4 is 13.8 Å². The predicted octanol–water partition coefficient (Wildman–Crippen LogP) is 3.33. The van der Waals surface area contributed by atoms with Gasteiger partial charge in [-0.2, -0.15) is 0 Å². The van der Waals surface area contributed by atoms with E-state index in [-0.39, 0.29) is 30.3 Å². The van der Waals surface area contributed by atoms with Gasteiger partial charge in [0.1, 0.15) is 0 Å². The molecule has 0 aromatic rings. The second-order valence-corrected chi connectivity index (χ2v) is 7.73. The Bertz CT molecular complexity index is 416. The van der Waals surface area contributed by atoms with Crippen molar-refractivity contribution in [3.8, 4) is 5.97 Å². The Morgan fingerprint density at radius 1 is 1.11 bits per heavy atom. The van der Waals surface area contributed by atoms with Crippen molar-refractivity contribution in [2.24, 2.45) is 0 Å². The van der Waals surface area contributed by atoms with Crippen LogP contribution in [0.4, 0.5) is 0 Å². The van der Waals surface area contributed by atoms with E-state index in [0.29, 0.717) is 5.82 Å². The molecule has 102 valence electrons. The molecule has 0 aromatic heterocycles. The molecule has 3 nitrogen and oxygen atoms in total. The lowest BCUT2D eigenvalue weighted by atomic mass is 9.33. The fourth-order valence-corrected chi connectivity index (χ4v) is 4.04. The Kier molecular flexibility index (Phi) is 2.86. The maximum atomic E-state index is 9.21. The zero-order valence-electron chi connectivity index (χ0n) is 12.5. The molecule has 0 amide bonds. The summed E-state index contributed by atoms with van der Waals surface area (Å²) in [4.78, 5) is 0. The van der Waals surface area contributed by atoms with E-state index in [9.17, 15) is 5.26 Å². The summed E-state index contributed by atoms with van der Waals surface area (Å²) < 4.78 is 12.6. The molecule has 3 fully saturated rings. The van der Waals surface area contributed by atoms with Crippen LogP contribution >= 0.6 is 0 Å². The van der Waals surface area contributed by atoms with Gasteiger partial charge in [-0.15, -0.1) is 0 Å². The summed E-state index contributed by atoms with van der Waals surface area (Å²) in [5.74, 6) is 3.06. The highest BCUT2D eigenvalue weighted by atomic mass is 16.7. The average Bonchev–Trinajstić information content (AvgIpc) is 2.78. The molecule has 0 N–H and O–H groups in total. The number of rotatable bonds is 1. The molecule has 0 spiro atoms. The number of fused-ring (bicyclic) bond motifs is 2. The van der Waals surface area contributed by atoms with E-state index in [1.54, 1.807) is 0 Å². The number of nitrogens with zero attached hydrogens (tertiary/aromatic N) is 1. The van der Waals surface area contributed by atoms with Crippen molar-refractivity contribution in [3.63, 3.8) is 0 Å². The lowest BCUT2D eigenvalue weighted by Gasteiger charge is -2.35. The maximum absolute atomic E-state index is 9.21. The third-order valence-corrected chi connectivity index (χ3v) is 6.12. The van der Waals surface area contributed by atoms with Gasteiger partial charge in [0.05, 0.1) is 11.2 Å². The maximum Gasteiger partial charge on any atom is 0.464 e. The van der Waals surface area contributed by atoms with E-state index < -0.39 is 0 Å². The van der Waals surface area contributed by atoms with Gasteiger partial charge in [0.25, 0.3) is 6.71 Å². The third kappa shape index (κ3) is 1.87. The van der Waals surface area contributed by atoms with E-state index in [0.717, 1.165) is 25.6 Å². The van der Waals surface area contributed by atoms with Crippen LogP contribution in [-0.4, -0.2) is 25.0 Å². The molecule has 2 unspecified atom stereocenters. The van der Waals surface area contributed by atoms with Crippen LogP contribution in [0.3, 0.4) is 0 Å². The lowest BCUT2D eigenvalue weighted by molar-refractivity contribution is 0.00578. The van der Waals surface area contributed by atoms with Crippen molar-refractivity contribution in [1.29, 1.82) is 5.26 Å². The molecule has 2 bridgehead atoms. The van der Waals surface area contributed by atoms with Gasteiger partial charge in [0, 0.05) is 11.3 Å². The van der Waals surface area contributed by atoms with Crippen molar-refractivity contribution in [1.82, 2.24) is 0 Å². The molecule has 1 aliphatic carbocycles. The van der Waals surface area contributed by atoms with Gasteiger partial charge in [-0.25, -0.2) is 5.26 Å². The van der Waals surface area contributed by atoms with Gasteiger partial charge >= 0.3 is 7.12 Å². The Morgan fingerprint density at radius 2 is 1.74 bits per heavy atom. The van der Waals surface area contributed by atoms with E-state index in [2.05, 4.69) is 33.7 Å². The normalized spacial score (nSPS) is 39.4. The SMILES string of the molecule is CC1(C)OB(C23CCB(C#N)C(CC2)C3)OC1(C)C. The van der Waals surface area contributed by atoms with Gasteiger partial charge in [-0.1, -0.05) is 25.6 Å². The monoisotopic (exact) mass is 259 g/mol. The number of nitriles is 1. The molecular weight excluding hydrogens is 236 g/mol. The van der Waals surface area contributed by atoms with Crippen LogP contribution in [-0.2, 0) is 9.31 Å². The molecule has 2 atom stereocenters. The van der Waals surface area contributed by atoms with Crippen LogP contribution in [0.5, 0.6) is 0 Å². The average molecular weight is 259 g/mol. The van der Waals surface area contributed by atoms with Gasteiger partial charge in [-0.05, 0) is 39.9 Å². The highest BCUT2D eigenvalue weighted by molar-refractivity contribution is 6.69. The summed E-state index contributed by atoms with van der Waals surface area (Å²) in [6.07, 6.45) is 5.54. The second-order valence-electron chi connectivity index (χ2n) is 7.73. The van der Waals surface area contributed by atoms with Gasteiger partial charge in [-0.3, -0.25) is 0 Å². The Balaban J connectivity index is 1.81. The van der Waals surface area contributed by atoms with Gasteiger partial charge in [0.2, 0.25) is 0 Å². The number of hydrogen-bond donors (Lipinski definition) is 0. The standard InChI is InChI=1S/C14H23B2NO2/c1-12(2)13(3,4)19-16(18-12)14-6-5-11(9-14)15(10-17)8-7-14/h11H,5-9H2,1-4H3. The van der Waals surface area contributed by atoms with Crippen LogP contribution < -0.4 is 0 Å². The summed E-state index contributed by atoms with van der Waals surface area (Å²) in [6, 6.07) is 0. The minimum Gasteiger partial charge on any atom is -0.403 e. The van der Waals surface area contributed by atoms with Crippen LogP contribution in [0.2, 0.25) is 17.5 Å². The first-order valence-corrected chi connectivity index (χ1v) is 7.55. The summed E-state index contributed by atoms with van der Waals surface area (Å²) >= 11 is 0. The van der Waals surface area contributed by atoms with Crippen molar-refractivity contribution in [2.75, 3.05) is 0 Å². The van der Waals surface area contributed by atoms with Crippen LogP contribution in [0.15, 0.2) is 0 Å². The first-order valence-electron chi connectivity index (χ1n) is 7.55. The van der Waals surface area contributed by atoms with Crippen LogP contribution in [0, 0.1) is 11.2 Å². The van der Waals surface area contributed by atoms with Crippen molar-refractivity contribution < 1.29 is 9.31 Å². The highest BCUT2D eigenvalue weighted by Gasteiger charge is 2.63. The Hall–Kier alpha value is -0.460. The third-order valence-electron chi connectivity index (χ3n) is 6.12. The van der Waals surface area contributed by atoms with Crippen LogP contribution in [0.1, 0.15) is 53.4 Å². The van der Waals surface area contributed by atoms with Gasteiger partial charge in [0.15, 0.2) is 0 Å². The van der Waals surface area contributed by atoms with Crippen molar-refractivity contribution in [3.05, 3.63) is 0 Å². The zero-order valence-corrected chi connectivity index (χ0v) is 12.5. The molecular formula is C14H23B2NO2. The molecule has 2 aliphatic heterocycles. The molecule has 1 saturated carbocycles. The van der Waals surface area contributed by atoms with Crippen molar-refractivity contribution in [2.45, 2.75) is 82.0 Å². The first kappa shape index (κ1) is 13.5. The molecule has 19 heavy (non-hydrogen) atoms. The summed E-state index contributed by atoms with van der Waals surface area (Å²) in [7, 11) is -0.0813. The molecule has 0 aromatic carbocycles. The van der Waals surface area contributed by atoms with E-state index in [4.69, 9.17) is 9.31 Å². The summed E-state index contributed by atoms with van der Waals surface area (Å²) in [6.45, 7) is 8.75. The van der Waals surface area contributed by atoms with E-state index in [1.807, 2.05) is 0 Å². The molecule has 0 radical (unpaired) electrons. The van der Waals surface area contributed by atoms with E-state index >= 15 is 0 Å². The Labute approximate surface area is 117 Å². The molecule has 3 rings (SSSR count). The fourth-order valence-electron chi connectivity index (χ4n) is 4.04. The summed E-state index contributed by atoms with van der Waals surface area (Å²) in [5.41, 5.74) is -0.479. The summed E-state index contributed by atoms with van der Waals surface area (Å²) in [5, 5.41) is 9.38. The quantitative estimate of drug-likeness (QED) is 0.678. The van der Waals surface area contributed by atoms with E-state index in [1.165, 1.54) is 6.42 Å². The second kappa shape index (κ2) is 4.02. The van der Waals surface area contributed by atoms with Gasteiger partial charge < -0.3 is 9.31 Å². The highest BCUT2D eigenvalue weighted by Crippen LogP contribution is 2.63. The smallest absolute Gasteiger partial charge is 0.403 e. The molecule has 2 heterocycles. The fraction of sp³-hybridized carbons (Fsp3) is 0.929. The largest absolute Gasteiger partial charge is 0.464 e. The molecule has 3 aliphatic rings. The minimum atomic E-state index is -0.240.